The van der Waals surface area contributed by atoms with Crippen LogP contribution < -0.4 is 0 Å². The summed E-state index contributed by atoms with van der Waals surface area (Å²) in [7, 11) is 0. The molecule has 0 aliphatic heterocycles. The lowest BCUT2D eigenvalue weighted by Gasteiger charge is -2.18. The highest BCUT2D eigenvalue weighted by molar-refractivity contribution is 6.74. The molecule has 4 aromatic rings. The fraction of sp³-hybridized carbons (Fsp3) is 0.172. The first kappa shape index (κ1) is 20.7. The van der Waals surface area contributed by atoms with Gasteiger partial charge < -0.3 is 0 Å². The molecule has 2 aliphatic rings. The van der Waals surface area contributed by atoms with Crippen LogP contribution >= 0.6 is 11.6 Å². The van der Waals surface area contributed by atoms with Gasteiger partial charge in [0.1, 0.15) is 0 Å². The summed E-state index contributed by atoms with van der Waals surface area (Å²) in [5.41, 5.74) is 4.83. The SMILES string of the molecule is O=C(Cl)C1=CCC(=O)c2ccccc21.c1ccc2c(c1)ccc1c3c(ccc12)CCCC3. The smallest absolute Gasteiger partial charge is 0.252 e. The predicted molar refractivity (Wildman–Crippen MR) is 132 cm³/mol. The second-order valence-corrected chi connectivity index (χ2v) is 8.70. The van der Waals surface area contributed by atoms with Crippen molar-refractivity contribution in [3.05, 3.63) is 101 Å². The molecule has 158 valence electrons. The van der Waals surface area contributed by atoms with Crippen molar-refractivity contribution < 1.29 is 9.59 Å². The number of Topliss-reactive ketones (excluding diaryl/α,β-unsaturated/α-hetero) is 1. The molecule has 0 atom stereocenters. The van der Waals surface area contributed by atoms with Gasteiger partial charge in [0.25, 0.3) is 5.24 Å². The Labute approximate surface area is 192 Å². The molecular formula is C29H23ClO2. The van der Waals surface area contributed by atoms with Gasteiger partial charge in [0.2, 0.25) is 0 Å². The number of hydrogen-bond donors (Lipinski definition) is 0. The van der Waals surface area contributed by atoms with Crippen LogP contribution in [0.5, 0.6) is 0 Å². The van der Waals surface area contributed by atoms with E-state index in [2.05, 4.69) is 48.5 Å². The molecule has 4 aromatic carbocycles. The summed E-state index contributed by atoms with van der Waals surface area (Å²) in [6.07, 6.45) is 7.05. The van der Waals surface area contributed by atoms with Crippen LogP contribution in [0.25, 0.3) is 27.1 Å². The molecule has 0 spiro atoms. The lowest BCUT2D eigenvalue weighted by Crippen LogP contribution is -2.10. The molecule has 32 heavy (non-hydrogen) atoms. The highest BCUT2D eigenvalue weighted by Gasteiger charge is 2.21. The third kappa shape index (κ3) is 3.76. The van der Waals surface area contributed by atoms with Crippen LogP contribution in [0, 0.1) is 0 Å². The molecular weight excluding hydrogens is 416 g/mol. The largest absolute Gasteiger partial charge is 0.294 e. The minimum atomic E-state index is -0.509. The van der Waals surface area contributed by atoms with E-state index in [1.807, 2.05) is 0 Å². The number of hydrogen-bond acceptors (Lipinski definition) is 2. The molecule has 0 heterocycles. The number of ketones is 1. The Morgan fingerprint density at radius 3 is 2.28 bits per heavy atom. The Bertz CT molecular complexity index is 1400. The molecule has 0 amide bonds. The quantitative estimate of drug-likeness (QED) is 0.231. The first-order valence-corrected chi connectivity index (χ1v) is 11.5. The van der Waals surface area contributed by atoms with Crippen molar-refractivity contribution in [2.45, 2.75) is 32.1 Å². The van der Waals surface area contributed by atoms with Gasteiger partial charge >= 0.3 is 0 Å². The number of carbonyl (C=O) groups is 2. The monoisotopic (exact) mass is 438 g/mol. The van der Waals surface area contributed by atoms with Gasteiger partial charge in [-0.05, 0) is 75.5 Å². The standard InChI is InChI=1S/C18H16.C11H7ClO2/c1-3-7-15-13(5-1)9-11-18-16-8-4-2-6-14(16)10-12-17(15)18;12-11(14)9-5-6-10(13)8-4-2-1-3-7(8)9/h1,3,5,7,9-12H,2,4,6,8H2;1-5H,6H2. The fourth-order valence-electron chi connectivity index (χ4n) is 4.90. The van der Waals surface area contributed by atoms with Gasteiger partial charge in [-0.15, -0.1) is 0 Å². The summed E-state index contributed by atoms with van der Waals surface area (Å²) < 4.78 is 0. The zero-order chi connectivity index (χ0) is 22.1. The zero-order valence-corrected chi connectivity index (χ0v) is 18.5. The van der Waals surface area contributed by atoms with E-state index >= 15 is 0 Å². The molecule has 0 unspecified atom stereocenters. The Kier molecular flexibility index (Phi) is 5.63. The summed E-state index contributed by atoms with van der Waals surface area (Å²) in [5, 5.41) is 5.13. The first-order valence-electron chi connectivity index (χ1n) is 11.1. The van der Waals surface area contributed by atoms with Crippen LogP contribution in [-0.4, -0.2) is 11.0 Å². The van der Waals surface area contributed by atoms with Crippen molar-refractivity contribution in [2.75, 3.05) is 0 Å². The van der Waals surface area contributed by atoms with Crippen LogP contribution in [0.4, 0.5) is 0 Å². The lowest BCUT2D eigenvalue weighted by molar-refractivity contribution is -0.106. The minimum absolute atomic E-state index is 0.0299. The van der Waals surface area contributed by atoms with E-state index in [9.17, 15) is 9.59 Å². The number of aryl methyl sites for hydroxylation is 2. The van der Waals surface area contributed by atoms with Crippen LogP contribution in [0.2, 0.25) is 0 Å². The van der Waals surface area contributed by atoms with Crippen molar-refractivity contribution in [1.82, 2.24) is 0 Å². The van der Waals surface area contributed by atoms with Crippen LogP contribution in [0.15, 0.2) is 78.9 Å². The van der Waals surface area contributed by atoms with Crippen LogP contribution in [0.3, 0.4) is 0 Å². The van der Waals surface area contributed by atoms with Crippen molar-refractivity contribution in [1.29, 1.82) is 0 Å². The molecule has 2 aliphatic carbocycles. The first-order chi connectivity index (χ1) is 15.6. The normalized spacial score (nSPS) is 14.8. The highest BCUT2D eigenvalue weighted by Crippen LogP contribution is 2.33. The van der Waals surface area contributed by atoms with E-state index in [0.717, 1.165) is 0 Å². The highest BCUT2D eigenvalue weighted by atomic mass is 35.5. The molecule has 0 aromatic heterocycles. The summed E-state index contributed by atoms with van der Waals surface area (Å²) in [6.45, 7) is 0. The molecule has 0 saturated carbocycles. The second-order valence-electron chi connectivity index (χ2n) is 8.36. The summed E-state index contributed by atoms with van der Waals surface area (Å²) in [6, 6.07) is 25.0. The van der Waals surface area contributed by atoms with Gasteiger partial charge in [-0.3, -0.25) is 9.59 Å². The maximum absolute atomic E-state index is 11.5. The van der Waals surface area contributed by atoms with Crippen LogP contribution in [-0.2, 0) is 17.6 Å². The van der Waals surface area contributed by atoms with Crippen molar-refractivity contribution in [3.63, 3.8) is 0 Å². The second kappa shape index (κ2) is 8.72. The summed E-state index contributed by atoms with van der Waals surface area (Å²) in [5.74, 6) is 0.0299. The number of rotatable bonds is 1. The number of carbonyl (C=O) groups excluding carboxylic acids is 2. The average Bonchev–Trinajstić information content (AvgIpc) is 2.84. The fourth-order valence-corrected chi connectivity index (χ4v) is 5.08. The molecule has 0 saturated heterocycles. The molecule has 3 heteroatoms. The lowest BCUT2D eigenvalue weighted by atomic mass is 9.86. The third-order valence-corrected chi connectivity index (χ3v) is 6.68. The van der Waals surface area contributed by atoms with Gasteiger partial charge in [-0.25, -0.2) is 0 Å². The average molecular weight is 439 g/mol. The maximum atomic E-state index is 11.5. The number of benzene rings is 4. The molecule has 2 nitrogen and oxygen atoms in total. The predicted octanol–water partition coefficient (Wildman–Crippen LogP) is 7.29. The van der Waals surface area contributed by atoms with E-state index in [1.165, 1.54) is 47.2 Å². The van der Waals surface area contributed by atoms with Crippen molar-refractivity contribution >= 4 is 49.7 Å². The maximum Gasteiger partial charge on any atom is 0.252 e. The van der Waals surface area contributed by atoms with E-state index < -0.39 is 5.24 Å². The molecule has 6 rings (SSSR count). The van der Waals surface area contributed by atoms with Crippen molar-refractivity contribution in [2.24, 2.45) is 0 Å². The molecule has 0 bridgehead atoms. The molecule has 0 N–H and O–H groups in total. The molecule has 0 radical (unpaired) electrons. The number of halogens is 1. The third-order valence-electron chi connectivity index (χ3n) is 6.48. The van der Waals surface area contributed by atoms with Gasteiger partial charge in [-0.2, -0.15) is 0 Å². The van der Waals surface area contributed by atoms with E-state index in [1.54, 1.807) is 41.5 Å². The Hall–Kier alpha value is -3.23. The van der Waals surface area contributed by atoms with E-state index in [4.69, 9.17) is 11.6 Å². The number of allylic oxidation sites excluding steroid dienone is 2. The molecule has 0 fully saturated rings. The zero-order valence-electron chi connectivity index (χ0n) is 17.7. The van der Waals surface area contributed by atoms with E-state index in [-0.39, 0.29) is 12.2 Å². The van der Waals surface area contributed by atoms with E-state index in [0.29, 0.717) is 16.7 Å². The van der Waals surface area contributed by atoms with Crippen LogP contribution in [0.1, 0.15) is 46.3 Å². The Balaban J connectivity index is 0.000000140. The summed E-state index contributed by atoms with van der Waals surface area (Å²) in [4.78, 5) is 22.5. The van der Waals surface area contributed by atoms with Gasteiger partial charge in [0, 0.05) is 17.6 Å². The Morgan fingerprint density at radius 2 is 1.44 bits per heavy atom. The topological polar surface area (TPSA) is 34.1 Å². The van der Waals surface area contributed by atoms with Gasteiger partial charge in [-0.1, -0.05) is 78.9 Å². The van der Waals surface area contributed by atoms with Gasteiger partial charge in [0.05, 0.1) is 0 Å². The van der Waals surface area contributed by atoms with Gasteiger partial charge in [0.15, 0.2) is 5.78 Å². The number of fused-ring (bicyclic) bond motifs is 6. The minimum Gasteiger partial charge on any atom is -0.294 e. The van der Waals surface area contributed by atoms with Crippen molar-refractivity contribution in [3.8, 4) is 0 Å². The summed E-state index contributed by atoms with van der Waals surface area (Å²) >= 11 is 5.41. The Morgan fingerprint density at radius 1 is 0.719 bits per heavy atom.